The molecule has 0 saturated carbocycles. The Balaban J connectivity index is 1.47. The molecule has 0 spiro atoms. The van der Waals surface area contributed by atoms with Crippen LogP contribution in [-0.4, -0.2) is 34.3 Å². The largest absolute Gasteiger partial charge is 0.361 e. The zero-order valence-corrected chi connectivity index (χ0v) is 13.4. The van der Waals surface area contributed by atoms with E-state index in [1.54, 1.807) is 6.33 Å². The number of benzene rings is 1. The van der Waals surface area contributed by atoms with Crippen molar-refractivity contribution in [3.05, 3.63) is 48.4 Å². The summed E-state index contributed by atoms with van der Waals surface area (Å²) in [5.41, 5.74) is 5.15. The van der Waals surface area contributed by atoms with E-state index in [1.807, 2.05) is 30.6 Å². The number of aromatic nitrogens is 3. The minimum Gasteiger partial charge on any atom is -0.361 e. The molecule has 0 aliphatic carbocycles. The van der Waals surface area contributed by atoms with Crippen LogP contribution in [0.15, 0.2) is 48.0 Å². The van der Waals surface area contributed by atoms with Gasteiger partial charge in [-0.15, -0.1) is 0 Å². The average molecular weight is 320 g/mol. The molecule has 4 rings (SSSR count). The van der Waals surface area contributed by atoms with Crippen molar-refractivity contribution < 1.29 is 0 Å². The molecule has 0 radical (unpaired) electrons. The van der Waals surface area contributed by atoms with Crippen LogP contribution >= 0.6 is 0 Å². The van der Waals surface area contributed by atoms with E-state index in [1.165, 1.54) is 19.3 Å². The van der Waals surface area contributed by atoms with Gasteiger partial charge in [0.25, 0.3) is 0 Å². The molecule has 0 unspecified atom stereocenters. The minimum atomic E-state index is 0.710. The highest BCUT2D eigenvalue weighted by atomic mass is 15.3. The number of para-hydroxylation sites is 1. The zero-order chi connectivity index (χ0) is 16.2. The van der Waals surface area contributed by atoms with Crippen molar-refractivity contribution in [1.82, 2.24) is 15.0 Å². The topological polar surface area (TPSA) is 69.2 Å². The van der Waals surface area contributed by atoms with Crippen LogP contribution in [0.5, 0.6) is 0 Å². The molecule has 2 N–H and O–H groups in total. The maximum Gasteiger partial charge on any atom is 0.151 e. The number of aromatic amines is 1. The van der Waals surface area contributed by atoms with Gasteiger partial charge in [0.05, 0.1) is 6.21 Å². The average Bonchev–Trinajstić information content (AvgIpc) is 3.06. The van der Waals surface area contributed by atoms with E-state index in [2.05, 4.69) is 42.5 Å². The van der Waals surface area contributed by atoms with Crippen LogP contribution in [0.2, 0.25) is 0 Å². The fraction of sp³-hybridized carbons (Fsp3) is 0.278. The summed E-state index contributed by atoms with van der Waals surface area (Å²) < 4.78 is 0. The summed E-state index contributed by atoms with van der Waals surface area (Å²) in [6, 6.07) is 10.1. The SMILES string of the molecule is C(=N\Nc1cc(N2CCCCC2)ncn1)/c1c[nH]c2ccccc12. The third kappa shape index (κ3) is 3.08. The standard InChI is InChI=1S/C18H20N6/c1-4-8-24(9-5-1)18-10-17(20-13-21-18)23-22-12-14-11-19-16-7-3-2-6-15(14)16/h2-3,6-7,10-13,19H,1,4-5,8-9H2,(H,20,21,23)/b22-12+. The maximum absolute atomic E-state index is 4.38. The van der Waals surface area contributed by atoms with Crippen LogP contribution in [0.25, 0.3) is 10.9 Å². The van der Waals surface area contributed by atoms with Crippen molar-refractivity contribution in [1.29, 1.82) is 0 Å². The van der Waals surface area contributed by atoms with E-state index in [0.29, 0.717) is 5.82 Å². The first kappa shape index (κ1) is 14.7. The Morgan fingerprint density at radius 2 is 2.00 bits per heavy atom. The summed E-state index contributed by atoms with van der Waals surface area (Å²) in [5, 5.41) is 5.47. The van der Waals surface area contributed by atoms with Gasteiger partial charge in [-0.05, 0) is 25.3 Å². The number of fused-ring (bicyclic) bond motifs is 1. The molecule has 1 aromatic carbocycles. The van der Waals surface area contributed by atoms with Crippen molar-refractivity contribution in [2.75, 3.05) is 23.4 Å². The first-order valence-electron chi connectivity index (χ1n) is 8.32. The summed E-state index contributed by atoms with van der Waals surface area (Å²) in [6.07, 6.45) is 9.11. The lowest BCUT2D eigenvalue weighted by Crippen LogP contribution is -2.30. The minimum absolute atomic E-state index is 0.710. The number of hydrogen-bond donors (Lipinski definition) is 2. The molecule has 2 aromatic heterocycles. The van der Waals surface area contributed by atoms with Crippen molar-refractivity contribution in [3.63, 3.8) is 0 Å². The Bertz CT molecular complexity index is 847. The molecule has 3 aromatic rings. The van der Waals surface area contributed by atoms with Crippen molar-refractivity contribution in [2.45, 2.75) is 19.3 Å². The molecule has 1 aliphatic heterocycles. The van der Waals surface area contributed by atoms with Crippen LogP contribution in [0.4, 0.5) is 11.6 Å². The van der Waals surface area contributed by atoms with E-state index in [-0.39, 0.29) is 0 Å². The summed E-state index contributed by atoms with van der Waals surface area (Å²) in [4.78, 5) is 14.2. The maximum atomic E-state index is 4.38. The number of rotatable bonds is 4. The van der Waals surface area contributed by atoms with Gasteiger partial charge >= 0.3 is 0 Å². The molecular formula is C18H20N6. The third-order valence-electron chi connectivity index (χ3n) is 4.34. The second kappa shape index (κ2) is 6.70. The number of nitrogens with zero attached hydrogens (tertiary/aromatic N) is 4. The lowest BCUT2D eigenvalue weighted by atomic mass is 10.1. The van der Waals surface area contributed by atoms with Crippen molar-refractivity contribution in [2.24, 2.45) is 5.10 Å². The Kier molecular flexibility index (Phi) is 4.10. The van der Waals surface area contributed by atoms with Gasteiger partial charge in [0.1, 0.15) is 12.1 Å². The third-order valence-corrected chi connectivity index (χ3v) is 4.34. The van der Waals surface area contributed by atoms with Gasteiger partial charge in [0.15, 0.2) is 5.82 Å². The molecule has 0 amide bonds. The number of piperidine rings is 1. The Labute approximate surface area is 140 Å². The summed E-state index contributed by atoms with van der Waals surface area (Å²) in [5.74, 6) is 1.68. The van der Waals surface area contributed by atoms with Gasteiger partial charge in [0, 0.05) is 41.8 Å². The fourth-order valence-electron chi connectivity index (χ4n) is 3.07. The van der Waals surface area contributed by atoms with Crippen LogP contribution in [-0.2, 0) is 0 Å². The van der Waals surface area contributed by atoms with E-state index >= 15 is 0 Å². The molecule has 1 fully saturated rings. The summed E-state index contributed by atoms with van der Waals surface area (Å²) >= 11 is 0. The Morgan fingerprint density at radius 3 is 2.92 bits per heavy atom. The second-order valence-electron chi connectivity index (χ2n) is 5.97. The highest BCUT2D eigenvalue weighted by Gasteiger charge is 2.12. The number of hydrazone groups is 1. The van der Waals surface area contributed by atoms with Crippen LogP contribution < -0.4 is 10.3 Å². The highest BCUT2D eigenvalue weighted by Crippen LogP contribution is 2.19. The molecule has 24 heavy (non-hydrogen) atoms. The van der Waals surface area contributed by atoms with Crippen LogP contribution in [0, 0.1) is 0 Å². The zero-order valence-electron chi connectivity index (χ0n) is 13.4. The predicted molar refractivity (Wildman–Crippen MR) is 97.6 cm³/mol. The summed E-state index contributed by atoms with van der Waals surface area (Å²) in [6.45, 7) is 2.13. The molecular weight excluding hydrogens is 300 g/mol. The van der Waals surface area contributed by atoms with Gasteiger partial charge < -0.3 is 9.88 Å². The van der Waals surface area contributed by atoms with E-state index in [9.17, 15) is 0 Å². The van der Waals surface area contributed by atoms with Gasteiger partial charge in [-0.2, -0.15) is 5.10 Å². The lowest BCUT2D eigenvalue weighted by Gasteiger charge is -2.27. The molecule has 0 atom stereocenters. The first-order valence-corrected chi connectivity index (χ1v) is 8.32. The second-order valence-corrected chi connectivity index (χ2v) is 5.97. The van der Waals surface area contributed by atoms with Gasteiger partial charge in [-0.3, -0.25) is 5.43 Å². The lowest BCUT2D eigenvalue weighted by molar-refractivity contribution is 0.573. The van der Waals surface area contributed by atoms with Gasteiger partial charge in [-0.25, -0.2) is 9.97 Å². The predicted octanol–water partition coefficient (Wildman–Crippen LogP) is 3.39. The van der Waals surface area contributed by atoms with E-state index < -0.39 is 0 Å². The van der Waals surface area contributed by atoms with Crippen molar-refractivity contribution in [3.8, 4) is 0 Å². The number of hydrogen-bond acceptors (Lipinski definition) is 5. The van der Waals surface area contributed by atoms with Crippen molar-refractivity contribution >= 4 is 28.8 Å². The van der Waals surface area contributed by atoms with E-state index in [4.69, 9.17) is 0 Å². The van der Waals surface area contributed by atoms with Gasteiger partial charge in [0.2, 0.25) is 0 Å². The molecule has 6 nitrogen and oxygen atoms in total. The molecule has 1 aliphatic rings. The first-order chi connectivity index (χ1) is 11.9. The monoisotopic (exact) mass is 320 g/mol. The highest BCUT2D eigenvalue weighted by molar-refractivity contribution is 5.99. The Morgan fingerprint density at radius 1 is 1.12 bits per heavy atom. The summed E-state index contributed by atoms with van der Waals surface area (Å²) in [7, 11) is 0. The van der Waals surface area contributed by atoms with E-state index in [0.717, 1.165) is 35.4 Å². The smallest absolute Gasteiger partial charge is 0.151 e. The molecule has 3 heterocycles. The molecule has 122 valence electrons. The fourth-order valence-corrected chi connectivity index (χ4v) is 3.07. The van der Waals surface area contributed by atoms with Gasteiger partial charge in [-0.1, -0.05) is 18.2 Å². The molecule has 6 heteroatoms. The van der Waals surface area contributed by atoms with Crippen LogP contribution in [0.1, 0.15) is 24.8 Å². The number of nitrogens with one attached hydrogen (secondary N) is 2. The molecule has 0 bridgehead atoms. The number of H-pyrrole nitrogens is 1. The normalized spacial score (nSPS) is 15.2. The Hall–Kier alpha value is -2.89. The van der Waals surface area contributed by atoms with Crippen LogP contribution in [0.3, 0.4) is 0 Å². The quantitative estimate of drug-likeness (QED) is 0.571. The molecule has 1 saturated heterocycles. The number of anilines is 2.